The number of piperidine rings is 1. The molecule has 1 fully saturated rings. The minimum absolute atomic E-state index is 0.0311. The molecule has 0 spiro atoms. The average molecular weight is 515 g/mol. The van der Waals surface area contributed by atoms with Crippen molar-refractivity contribution in [3.8, 4) is 11.5 Å². The number of rotatable bonds is 5. The highest BCUT2D eigenvalue weighted by molar-refractivity contribution is 7.89. The van der Waals surface area contributed by atoms with Crippen LogP contribution >= 0.6 is 11.6 Å². The molecule has 1 aromatic heterocycles. The number of alkyl halides is 3. The third-order valence-electron chi connectivity index (χ3n) is 5.32. The summed E-state index contributed by atoms with van der Waals surface area (Å²) in [5.41, 5.74) is -0.571. The number of amides is 1. The SMILES string of the molecule is O=C(Nc1nnc(-c2ccc(C(F)(F)F)cc2)o1)C1CCCN(S(=O)(=O)c2ccc(Cl)cc2)C1. The maximum absolute atomic E-state index is 12.9. The molecule has 180 valence electrons. The fourth-order valence-electron chi connectivity index (χ4n) is 3.53. The largest absolute Gasteiger partial charge is 0.416 e. The van der Waals surface area contributed by atoms with Gasteiger partial charge in [0.05, 0.1) is 16.4 Å². The van der Waals surface area contributed by atoms with E-state index in [0.29, 0.717) is 17.9 Å². The Balaban J connectivity index is 1.42. The van der Waals surface area contributed by atoms with E-state index in [-0.39, 0.29) is 35.5 Å². The van der Waals surface area contributed by atoms with Gasteiger partial charge in [-0.15, -0.1) is 5.10 Å². The van der Waals surface area contributed by atoms with Crippen LogP contribution in [0.4, 0.5) is 19.2 Å². The van der Waals surface area contributed by atoms with Crippen LogP contribution in [0, 0.1) is 5.92 Å². The van der Waals surface area contributed by atoms with E-state index in [1.807, 2.05) is 0 Å². The predicted molar refractivity (Wildman–Crippen MR) is 116 cm³/mol. The molecule has 1 aliphatic heterocycles. The number of anilines is 1. The zero-order valence-electron chi connectivity index (χ0n) is 17.4. The van der Waals surface area contributed by atoms with Gasteiger partial charge in [-0.05, 0) is 61.4 Å². The molecule has 13 heteroatoms. The van der Waals surface area contributed by atoms with Gasteiger partial charge < -0.3 is 4.42 Å². The summed E-state index contributed by atoms with van der Waals surface area (Å²) in [6.45, 7) is 0.240. The summed E-state index contributed by atoms with van der Waals surface area (Å²) in [5.74, 6) is -1.23. The quantitative estimate of drug-likeness (QED) is 0.539. The lowest BCUT2D eigenvalue weighted by Crippen LogP contribution is -2.43. The number of carbonyl (C=O) groups is 1. The van der Waals surface area contributed by atoms with E-state index in [1.165, 1.54) is 40.7 Å². The summed E-state index contributed by atoms with van der Waals surface area (Å²) in [5, 5.41) is 10.3. The molecule has 2 aromatic carbocycles. The van der Waals surface area contributed by atoms with Crippen LogP contribution in [-0.2, 0) is 21.0 Å². The topological polar surface area (TPSA) is 105 Å². The molecular weight excluding hydrogens is 497 g/mol. The Labute approximate surface area is 197 Å². The predicted octanol–water partition coefficient (Wildman–Crippen LogP) is 4.45. The summed E-state index contributed by atoms with van der Waals surface area (Å²) in [4.78, 5) is 12.8. The molecule has 0 saturated carbocycles. The average Bonchev–Trinajstić information content (AvgIpc) is 3.27. The first kappa shape index (κ1) is 24.2. The van der Waals surface area contributed by atoms with Crippen LogP contribution in [0.3, 0.4) is 0 Å². The molecule has 4 rings (SSSR count). The fraction of sp³-hybridized carbons (Fsp3) is 0.286. The summed E-state index contributed by atoms with van der Waals surface area (Å²) in [6, 6.07) is 9.66. The Hall–Kier alpha value is -2.96. The highest BCUT2D eigenvalue weighted by Gasteiger charge is 2.34. The first-order chi connectivity index (χ1) is 16.0. The Morgan fingerprint density at radius 3 is 2.41 bits per heavy atom. The van der Waals surface area contributed by atoms with Crippen molar-refractivity contribution >= 4 is 33.5 Å². The number of nitrogens with one attached hydrogen (secondary N) is 1. The van der Waals surface area contributed by atoms with Crippen molar-refractivity contribution in [2.24, 2.45) is 5.92 Å². The summed E-state index contributed by atoms with van der Waals surface area (Å²) < 4.78 is 70.6. The molecule has 1 unspecified atom stereocenters. The number of benzene rings is 2. The molecule has 3 aromatic rings. The Bertz CT molecular complexity index is 1280. The van der Waals surface area contributed by atoms with Crippen molar-refractivity contribution in [2.75, 3.05) is 18.4 Å². The number of sulfonamides is 1. The molecule has 0 radical (unpaired) electrons. The molecule has 1 aliphatic rings. The minimum atomic E-state index is -4.47. The van der Waals surface area contributed by atoms with Crippen LogP contribution < -0.4 is 5.32 Å². The van der Waals surface area contributed by atoms with E-state index in [9.17, 15) is 26.4 Å². The van der Waals surface area contributed by atoms with Crippen LogP contribution in [-0.4, -0.2) is 41.9 Å². The molecule has 1 saturated heterocycles. The zero-order valence-corrected chi connectivity index (χ0v) is 19.0. The van der Waals surface area contributed by atoms with Gasteiger partial charge in [0.1, 0.15) is 0 Å². The zero-order chi connectivity index (χ0) is 24.5. The van der Waals surface area contributed by atoms with E-state index in [1.54, 1.807) is 0 Å². The van der Waals surface area contributed by atoms with Gasteiger partial charge in [0.25, 0.3) is 0 Å². The number of carbonyl (C=O) groups excluding carboxylic acids is 1. The smallest absolute Gasteiger partial charge is 0.403 e. The van der Waals surface area contributed by atoms with Crippen LogP contribution in [0.5, 0.6) is 0 Å². The summed E-state index contributed by atoms with van der Waals surface area (Å²) in [6.07, 6.45) is -3.54. The molecule has 34 heavy (non-hydrogen) atoms. The maximum Gasteiger partial charge on any atom is 0.416 e. The second kappa shape index (κ2) is 9.35. The van der Waals surface area contributed by atoms with Crippen LogP contribution in [0.15, 0.2) is 57.8 Å². The highest BCUT2D eigenvalue weighted by Crippen LogP contribution is 2.31. The standard InChI is InChI=1S/C21H18ClF3N4O4S/c22-16-7-9-17(10-8-16)34(31,32)29-11-1-2-14(12-29)18(30)26-20-28-27-19(33-20)13-3-5-15(6-4-13)21(23,24)25/h3-10,14H,1-2,11-12H2,(H,26,28,30). The monoisotopic (exact) mass is 514 g/mol. The third-order valence-corrected chi connectivity index (χ3v) is 7.45. The van der Waals surface area contributed by atoms with Crippen LogP contribution in [0.1, 0.15) is 18.4 Å². The number of nitrogens with zero attached hydrogens (tertiary/aromatic N) is 3. The molecular formula is C21H18ClF3N4O4S. The first-order valence-electron chi connectivity index (χ1n) is 10.1. The van der Waals surface area contributed by atoms with E-state index in [2.05, 4.69) is 15.5 Å². The first-order valence-corrected chi connectivity index (χ1v) is 11.9. The molecule has 8 nitrogen and oxygen atoms in total. The number of hydrogen-bond acceptors (Lipinski definition) is 6. The molecule has 1 N–H and O–H groups in total. The lowest BCUT2D eigenvalue weighted by molar-refractivity contribution is -0.137. The van der Waals surface area contributed by atoms with Gasteiger partial charge >= 0.3 is 12.2 Å². The van der Waals surface area contributed by atoms with Crippen LogP contribution in [0.2, 0.25) is 5.02 Å². The number of halogens is 4. The van der Waals surface area contributed by atoms with Crippen molar-refractivity contribution in [3.05, 3.63) is 59.1 Å². The Morgan fingerprint density at radius 2 is 1.76 bits per heavy atom. The molecule has 0 aliphatic carbocycles. The van der Waals surface area contributed by atoms with Gasteiger partial charge in [0, 0.05) is 23.7 Å². The van der Waals surface area contributed by atoms with Crippen molar-refractivity contribution in [3.63, 3.8) is 0 Å². The van der Waals surface area contributed by atoms with E-state index >= 15 is 0 Å². The minimum Gasteiger partial charge on any atom is -0.403 e. The highest BCUT2D eigenvalue weighted by atomic mass is 35.5. The molecule has 1 amide bonds. The number of hydrogen-bond donors (Lipinski definition) is 1. The van der Waals surface area contributed by atoms with E-state index in [0.717, 1.165) is 12.1 Å². The van der Waals surface area contributed by atoms with Crippen molar-refractivity contribution < 1.29 is 30.8 Å². The van der Waals surface area contributed by atoms with Gasteiger partial charge in [-0.1, -0.05) is 16.7 Å². The normalized spacial score (nSPS) is 17.5. The second-order valence-electron chi connectivity index (χ2n) is 7.63. The molecule has 2 heterocycles. The van der Waals surface area contributed by atoms with Gasteiger partial charge in [-0.25, -0.2) is 8.42 Å². The van der Waals surface area contributed by atoms with E-state index < -0.39 is 33.6 Å². The Kier molecular flexibility index (Phi) is 6.65. The second-order valence-corrected chi connectivity index (χ2v) is 10.0. The lowest BCUT2D eigenvalue weighted by Gasteiger charge is -2.30. The third kappa shape index (κ3) is 5.24. The van der Waals surface area contributed by atoms with Gasteiger partial charge in [0.2, 0.25) is 21.8 Å². The maximum atomic E-state index is 12.9. The number of aromatic nitrogens is 2. The summed E-state index contributed by atoms with van der Waals surface area (Å²) >= 11 is 5.83. The van der Waals surface area contributed by atoms with Gasteiger partial charge in [-0.2, -0.15) is 17.5 Å². The van der Waals surface area contributed by atoms with Crippen molar-refractivity contribution in [1.82, 2.24) is 14.5 Å². The van der Waals surface area contributed by atoms with Gasteiger partial charge in [0.15, 0.2) is 0 Å². The van der Waals surface area contributed by atoms with Crippen molar-refractivity contribution in [2.45, 2.75) is 23.9 Å². The fourth-order valence-corrected chi connectivity index (χ4v) is 5.18. The lowest BCUT2D eigenvalue weighted by atomic mass is 9.99. The Morgan fingerprint density at radius 1 is 1.09 bits per heavy atom. The molecule has 1 atom stereocenters. The van der Waals surface area contributed by atoms with Gasteiger partial charge in [-0.3, -0.25) is 10.1 Å². The van der Waals surface area contributed by atoms with Crippen LogP contribution in [0.25, 0.3) is 11.5 Å². The van der Waals surface area contributed by atoms with E-state index in [4.69, 9.17) is 16.0 Å². The summed E-state index contributed by atoms with van der Waals surface area (Å²) in [7, 11) is -3.80. The molecule has 0 bridgehead atoms. The van der Waals surface area contributed by atoms with Crippen molar-refractivity contribution in [1.29, 1.82) is 0 Å².